The van der Waals surface area contributed by atoms with Crippen molar-refractivity contribution >= 4 is 0 Å². The van der Waals surface area contributed by atoms with Crippen LogP contribution >= 0.6 is 0 Å². The van der Waals surface area contributed by atoms with Crippen molar-refractivity contribution in [2.24, 2.45) is 11.8 Å². The van der Waals surface area contributed by atoms with E-state index in [4.69, 9.17) is 5.84 Å². The third kappa shape index (κ3) is 2.42. The zero-order chi connectivity index (χ0) is 11.5. The topological polar surface area (TPSA) is 38.0 Å². The maximum absolute atomic E-state index is 13.0. The van der Waals surface area contributed by atoms with Crippen LogP contribution in [0.2, 0.25) is 0 Å². The third-order valence-electron chi connectivity index (χ3n) is 3.68. The lowest BCUT2D eigenvalue weighted by atomic mass is 9.77. The molecule has 1 aromatic rings. The van der Waals surface area contributed by atoms with Gasteiger partial charge in [0.1, 0.15) is 5.82 Å². The van der Waals surface area contributed by atoms with Crippen LogP contribution in [0, 0.1) is 18.7 Å². The van der Waals surface area contributed by atoms with Crippen molar-refractivity contribution in [3.05, 3.63) is 35.1 Å². The van der Waals surface area contributed by atoms with E-state index >= 15 is 0 Å². The van der Waals surface area contributed by atoms with Gasteiger partial charge in [0.05, 0.1) is 0 Å². The summed E-state index contributed by atoms with van der Waals surface area (Å²) in [5.41, 5.74) is 5.11. The summed E-state index contributed by atoms with van der Waals surface area (Å²) >= 11 is 0. The minimum Gasteiger partial charge on any atom is -0.271 e. The lowest BCUT2D eigenvalue weighted by molar-refractivity contribution is 0.228. The van der Waals surface area contributed by atoms with E-state index in [-0.39, 0.29) is 5.82 Å². The minimum absolute atomic E-state index is 0.165. The van der Waals surface area contributed by atoms with Crippen molar-refractivity contribution < 1.29 is 4.39 Å². The van der Waals surface area contributed by atoms with Crippen LogP contribution < -0.4 is 11.3 Å². The molecule has 1 unspecified atom stereocenters. The first-order valence-electron chi connectivity index (χ1n) is 5.92. The second-order valence-electron chi connectivity index (χ2n) is 4.74. The van der Waals surface area contributed by atoms with Crippen LogP contribution in [0.25, 0.3) is 0 Å². The van der Waals surface area contributed by atoms with Gasteiger partial charge in [-0.15, -0.1) is 0 Å². The van der Waals surface area contributed by atoms with Crippen LogP contribution in [0.15, 0.2) is 18.2 Å². The monoisotopic (exact) mass is 222 g/mol. The van der Waals surface area contributed by atoms with E-state index in [0.29, 0.717) is 12.0 Å². The van der Waals surface area contributed by atoms with E-state index in [1.165, 1.54) is 30.9 Å². The second-order valence-corrected chi connectivity index (χ2v) is 4.74. The molecule has 1 saturated carbocycles. The average molecular weight is 222 g/mol. The zero-order valence-corrected chi connectivity index (χ0v) is 9.67. The van der Waals surface area contributed by atoms with Crippen molar-refractivity contribution in [3.8, 4) is 0 Å². The molecule has 16 heavy (non-hydrogen) atoms. The Kier molecular flexibility index (Phi) is 3.56. The van der Waals surface area contributed by atoms with Crippen LogP contribution in [0.1, 0.15) is 30.4 Å². The smallest absolute Gasteiger partial charge is 0.123 e. The highest BCUT2D eigenvalue weighted by Gasteiger charge is 2.26. The summed E-state index contributed by atoms with van der Waals surface area (Å²) in [5, 5.41) is 0. The fourth-order valence-corrected chi connectivity index (χ4v) is 2.33. The molecule has 0 aromatic heterocycles. The van der Waals surface area contributed by atoms with Crippen molar-refractivity contribution in [2.45, 2.75) is 38.6 Å². The van der Waals surface area contributed by atoms with E-state index < -0.39 is 0 Å². The molecule has 0 saturated heterocycles. The van der Waals surface area contributed by atoms with Gasteiger partial charge in [-0.05, 0) is 55.4 Å². The molecule has 3 N–H and O–H groups in total. The molecule has 0 spiro atoms. The Balaban J connectivity index is 2.06. The molecular formula is C13H19FN2. The summed E-state index contributed by atoms with van der Waals surface area (Å²) in [6.07, 6.45) is 4.72. The van der Waals surface area contributed by atoms with E-state index in [2.05, 4.69) is 5.43 Å². The Bertz CT molecular complexity index is 361. The molecular weight excluding hydrogens is 203 g/mol. The lowest BCUT2D eigenvalue weighted by Gasteiger charge is -2.33. The van der Waals surface area contributed by atoms with E-state index in [1.54, 1.807) is 6.07 Å². The van der Waals surface area contributed by atoms with Crippen LogP contribution in [-0.4, -0.2) is 6.04 Å². The number of nitrogens with one attached hydrogen (secondary N) is 1. The minimum atomic E-state index is -0.165. The van der Waals surface area contributed by atoms with Crippen molar-refractivity contribution in [1.29, 1.82) is 0 Å². The molecule has 1 atom stereocenters. The fraction of sp³-hybridized carbons (Fsp3) is 0.538. The molecule has 0 heterocycles. The van der Waals surface area contributed by atoms with Gasteiger partial charge in [-0.25, -0.2) is 4.39 Å². The Morgan fingerprint density at radius 2 is 2.25 bits per heavy atom. The highest BCUT2D eigenvalue weighted by atomic mass is 19.1. The Hall–Kier alpha value is -0.930. The van der Waals surface area contributed by atoms with Crippen molar-refractivity contribution in [1.82, 2.24) is 5.43 Å². The van der Waals surface area contributed by atoms with Gasteiger partial charge in [-0.1, -0.05) is 12.5 Å². The van der Waals surface area contributed by atoms with Crippen LogP contribution in [-0.2, 0) is 6.42 Å². The largest absolute Gasteiger partial charge is 0.271 e. The first-order chi connectivity index (χ1) is 7.70. The zero-order valence-electron chi connectivity index (χ0n) is 9.67. The molecule has 0 radical (unpaired) electrons. The predicted octanol–water partition coefficient (Wildman–Crippen LogP) is 2.31. The quantitative estimate of drug-likeness (QED) is 0.606. The molecule has 0 aliphatic heterocycles. The Morgan fingerprint density at radius 1 is 1.50 bits per heavy atom. The number of nitrogens with two attached hydrogens (primary N) is 1. The van der Waals surface area contributed by atoms with Gasteiger partial charge in [-0.2, -0.15) is 0 Å². The van der Waals surface area contributed by atoms with Crippen LogP contribution in [0.3, 0.4) is 0 Å². The summed E-state index contributed by atoms with van der Waals surface area (Å²) < 4.78 is 13.0. The second kappa shape index (κ2) is 4.93. The molecule has 3 heteroatoms. The fourth-order valence-electron chi connectivity index (χ4n) is 2.33. The number of hydrogen-bond donors (Lipinski definition) is 2. The molecule has 1 aliphatic carbocycles. The van der Waals surface area contributed by atoms with Crippen molar-refractivity contribution in [2.75, 3.05) is 0 Å². The number of hydrogen-bond acceptors (Lipinski definition) is 2. The third-order valence-corrected chi connectivity index (χ3v) is 3.68. The number of halogens is 1. The number of hydrazine groups is 1. The molecule has 2 nitrogen and oxygen atoms in total. The standard InChI is InChI=1S/C13H19FN2/c1-9-7-12(14)6-5-11(9)8-13(16-15)10-3-2-4-10/h5-7,10,13,16H,2-4,8,15H2,1H3. The molecule has 1 aliphatic rings. The van der Waals surface area contributed by atoms with E-state index in [0.717, 1.165) is 12.0 Å². The molecule has 2 rings (SSSR count). The van der Waals surface area contributed by atoms with Gasteiger partial charge in [0.2, 0.25) is 0 Å². The number of benzene rings is 1. The van der Waals surface area contributed by atoms with Gasteiger partial charge in [0, 0.05) is 6.04 Å². The highest BCUT2D eigenvalue weighted by molar-refractivity contribution is 5.27. The summed E-state index contributed by atoms with van der Waals surface area (Å²) in [5.74, 6) is 6.11. The van der Waals surface area contributed by atoms with Gasteiger partial charge >= 0.3 is 0 Å². The first-order valence-corrected chi connectivity index (χ1v) is 5.92. The molecule has 0 bridgehead atoms. The molecule has 88 valence electrons. The van der Waals surface area contributed by atoms with E-state index in [1.807, 2.05) is 13.0 Å². The maximum Gasteiger partial charge on any atom is 0.123 e. The van der Waals surface area contributed by atoms with Crippen molar-refractivity contribution in [3.63, 3.8) is 0 Å². The van der Waals surface area contributed by atoms with Gasteiger partial charge in [0.25, 0.3) is 0 Å². The highest BCUT2D eigenvalue weighted by Crippen LogP contribution is 2.31. The average Bonchev–Trinajstić information content (AvgIpc) is 2.18. The van der Waals surface area contributed by atoms with Gasteiger partial charge in [-0.3, -0.25) is 11.3 Å². The summed E-state index contributed by atoms with van der Waals surface area (Å²) in [6.45, 7) is 1.95. The predicted molar refractivity (Wildman–Crippen MR) is 63.3 cm³/mol. The summed E-state index contributed by atoms with van der Waals surface area (Å²) in [4.78, 5) is 0. The molecule has 1 aromatic carbocycles. The van der Waals surface area contributed by atoms with Crippen LogP contribution in [0.4, 0.5) is 4.39 Å². The van der Waals surface area contributed by atoms with Gasteiger partial charge < -0.3 is 0 Å². The summed E-state index contributed by atoms with van der Waals surface area (Å²) in [7, 11) is 0. The Labute approximate surface area is 96.0 Å². The SMILES string of the molecule is Cc1cc(F)ccc1CC(NN)C1CCC1. The van der Waals surface area contributed by atoms with E-state index in [9.17, 15) is 4.39 Å². The Morgan fingerprint density at radius 3 is 2.75 bits per heavy atom. The maximum atomic E-state index is 13.0. The first kappa shape index (κ1) is 11.6. The normalized spacial score (nSPS) is 18.2. The number of rotatable bonds is 4. The van der Waals surface area contributed by atoms with Gasteiger partial charge in [0.15, 0.2) is 0 Å². The molecule has 1 fully saturated rings. The lowest BCUT2D eigenvalue weighted by Crippen LogP contribution is -2.45. The van der Waals surface area contributed by atoms with Crippen LogP contribution in [0.5, 0.6) is 0 Å². The summed E-state index contributed by atoms with van der Waals surface area (Å²) in [6, 6.07) is 5.31. The molecule has 0 amide bonds. The number of aryl methyl sites for hydroxylation is 1.